The third kappa shape index (κ3) is 6.92. The molecule has 1 atom stereocenters. The van der Waals surface area contributed by atoms with Crippen LogP contribution in [0.4, 0.5) is 9.18 Å². The van der Waals surface area contributed by atoms with Gasteiger partial charge in [0.25, 0.3) is 0 Å². The maximum absolute atomic E-state index is 13.5. The van der Waals surface area contributed by atoms with E-state index < -0.39 is 17.9 Å². The number of alkyl halides is 2. The zero-order chi connectivity index (χ0) is 12.3. The molecule has 0 aromatic carbocycles. The number of hydrogen-bond donors (Lipinski definition) is 1. The summed E-state index contributed by atoms with van der Waals surface area (Å²) in [6.45, 7) is 8.33. The molecule has 0 bridgehead atoms. The van der Waals surface area contributed by atoms with Gasteiger partial charge in [0.1, 0.15) is 11.8 Å². The number of halogens is 2. The molecular formula is C10H19FINO2. The van der Waals surface area contributed by atoms with Crippen molar-refractivity contribution in [3.05, 3.63) is 0 Å². The summed E-state index contributed by atoms with van der Waals surface area (Å²) in [6, 6.07) is 0. The second-order valence-electron chi connectivity index (χ2n) is 4.99. The number of carbonyl (C=O) groups is 1. The highest BCUT2D eigenvalue weighted by atomic mass is 127. The monoisotopic (exact) mass is 331 g/mol. The predicted octanol–water partition coefficient (Wildman–Crippen LogP) is 3.06. The van der Waals surface area contributed by atoms with Crippen LogP contribution in [0.1, 0.15) is 34.6 Å². The topological polar surface area (TPSA) is 38.3 Å². The Morgan fingerprint density at radius 2 is 1.87 bits per heavy atom. The number of carbonyl (C=O) groups excluding carboxylic acids is 1. The Morgan fingerprint density at radius 3 is 2.13 bits per heavy atom. The van der Waals surface area contributed by atoms with Crippen LogP contribution < -0.4 is 5.32 Å². The van der Waals surface area contributed by atoms with E-state index in [2.05, 4.69) is 5.32 Å². The van der Waals surface area contributed by atoms with Crippen molar-refractivity contribution in [2.75, 3.05) is 4.43 Å². The van der Waals surface area contributed by atoms with Crippen LogP contribution in [0, 0.1) is 0 Å². The summed E-state index contributed by atoms with van der Waals surface area (Å²) in [4.78, 5) is 11.4. The highest BCUT2D eigenvalue weighted by Gasteiger charge is 2.32. The molecule has 0 aliphatic carbocycles. The Hall–Kier alpha value is -0.0700. The Morgan fingerprint density at radius 1 is 1.40 bits per heavy atom. The second kappa shape index (κ2) is 5.32. The fourth-order valence-corrected chi connectivity index (χ4v) is 2.05. The van der Waals surface area contributed by atoms with Gasteiger partial charge < -0.3 is 10.1 Å². The number of rotatable bonds is 3. The van der Waals surface area contributed by atoms with Crippen molar-refractivity contribution in [2.45, 2.75) is 51.9 Å². The van der Waals surface area contributed by atoms with Gasteiger partial charge in [-0.1, -0.05) is 22.6 Å². The Balaban J connectivity index is 4.27. The minimum Gasteiger partial charge on any atom is -0.442 e. The summed E-state index contributed by atoms with van der Waals surface area (Å²) >= 11 is 2.00. The van der Waals surface area contributed by atoms with Crippen LogP contribution in [-0.2, 0) is 4.74 Å². The summed E-state index contributed by atoms with van der Waals surface area (Å²) in [6.07, 6.45) is -1.30. The van der Waals surface area contributed by atoms with Gasteiger partial charge in [-0.25, -0.2) is 9.18 Å². The van der Waals surface area contributed by atoms with E-state index in [4.69, 9.17) is 4.74 Å². The van der Waals surface area contributed by atoms with Crippen LogP contribution in [-0.4, -0.2) is 27.8 Å². The minimum absolute atomic E-state index is 0.368. The Labute approximate surface area is 104 Å². The van der Waals surface area contributed by atoms with E-state index in [0.717, 1.165) is 0 Å². The summed E-state index contributed by atoms with van der Waals surface area (Å²) in [5.41, 5.74) is -1.89. The zero-order valence-electron chi connectivity index (χ0n) is 9.86. The quantitative estimate of drug-likeness (QED) is 0.638. The summed E-state index contributed by atoms with van der Waals surface area (Å²) in [7, 11) is 0. The number of alkyl carbamates (subject to hydrolysis) is 1. The van der Waals surface area contributed by atoms with Crippen LogP contribution in [0.3, 0.4) is 0 Å². The van der Waals surface area contributed by atoms with Crippen molar-refractivity contribution in [1.82, 2.24) is 5.32 Å². The molecule has 0 saturated carbocycles. The van der Waals surface area contributed by atoms with Gasteiger partial charge in [-0.15, -0.1) is 0 Å². The van der Waals surface area contributed by atoms with Gasteiger partial charge in [0.05, 0.1) is 0 Å². The standard InChI is InChI=1S/C10H19FINO2/c1-9(2,3)13-8(14)15-7(6-12)10(4,5)11/h7H,6H2,1-5H3,(H,13,14). The fourth-order valence-electron chi connectivity index (χ4n) is 0.820. The molecule has 0 aliphatic rings. The molecule has 0 aromatic rings. The van der Waals surface area contributed by atoms with Crippen LogP contribution in [0.2, 0.25) is 0 Å². The van der Waals surface area contributed by atoms with Crippen molar-refractivity contribution in [3.63, 3.8) is 0 Å². The predicted molar refractivity (Wildman–Crippen MR) is 67.2 cm³/mol. The normalized spacial score (nSPS) is 14.6. The molecule has 3 nitrogen and oxygen atoms in total. The molecule has 0 heterocycles. The SMILES string of the molecule is CC(C)(C)NC(=O)OC(CI)C(C)(C)F. The first kappa shape index (κ1) is 14.9. The highest BCUT2D eigenvalue weighted by molar-refractivity contribution is 14.1. The maximum atomic E-state index is 13.5. The van der Waals surface area contributed by atoms with E-state index in [-0.39, 0.29) is 5.54 Å². The molecule has 0 saturated heterocycles. The zero-order valence-corrected chi connectivity index (χ0v) is 12.0. The number of nitrogens with one attached hydrogen (secondary N) is 1. The molecule has 15 heavy (non-hydrogen) atoms. The van der Waals surface area contributed by atoms with E-state index in [1.165, 1.54) is 13.8 Å². The lowest BCUT2D eigenvalue weighted by molar-refractivity contribution is 0.0124. The van der Waals surface area contributed by atoms with E-state index in [1.54, 1.807) is 0 Å². The molecule has 0 rings (SSSR count). The van der Waals surface area contributed by atoms with Crippen molar-refractivity contribution >= 4 is 28.7 Å². The third-order valence-electron chi connectivity index (χ3n) is 1.63. The lowest BCUT2D eigenvalue weighted by atomic mass is 10.1. The van der Waals surface area contributed by atoms with Crippen LogP contribution in [0.25, 0.3) is 0 Å². The minimum atomic E-state index is -1.52. The average molecular weight is 331 g/mol. The van der Waals surface area contributed by atoms with Gasteiger partial charge in [0.15, 0.2) is 0 Å². The Kier molecular flexibility index (Phi) is 5.29. The fraction of sp³-hybridized carbons (Fsp3) is 0.900. The second-order valence-corrected chi connectivity index (χ2v) is 5.87. The van der Waals surface area contributed by atoms with Gasteiger partial charge in [-0.3, -0.25) is 0 Å². The lowest BCUT2D eigenvalue weighted by Crippen LogP contribution is -2.46. The summed E-state index contributed by atoms with van der Waals surface area (Å²) in [5, 5.41) is 2.62. The molecule has 0 spiro atoms. The molecule has 90 valence electrons. The molecule has 0 aromatic heterocycles. The Bertz CT molecular complexity index is 220. The molecule has 0 aliphatic heterocycles. The summed E-state index contributed by atoms with van der Waals surface area (Å²) in [5.74, 6) is 0. The van der Waals surface area contributed by atoms with E-state index in [0.29, 0.717) is 4.43 Å². The van der Waals surface area contributed by atoms with E-state index >= 15 is 0 Å². The molecule has 1 unspecified atom stereocenters. The van der Waals surface area contributed by atoms with Gasteiger partial charge in [-0.2, -0.15) is 0 Å². The largest absolute Gasteiger partial charge is 0.442 e. The van der Waals surface area contributed by atoms with Crippen molar-refractivity contribution in [1.29, 1.82) is 0 Å². The van der Waals surface area contributed by atoms with Crippen LogP contribution >= 0.6 is 22.6 Å². The van der Waals surface area contributed by atoms with Gasteiger partial charge in [0, 0.05) is 9.97 Å². The van der Waals surface area contributed by atoms with Gasteiger partial charge >= 0.3 is 6.09 Å². The molecule has 1 amide bonds. The number of ether oxygens (including phenoxy) is 1. The van der Waals surface area contributed by atoms with E-state index in [1.807, 2.05) is 43.4 Å². The molecule has 5 heteroatoms. The summed E-state index contributed by atoms with van der Waals surface area (Å²) < 4.78 is 19.0. The van der Waals surface area contributed by atoms with Crippen molar-refractivity contribution in [3.8, 4) is 0 Å². The first-order chi connectivity index (χ1) is 6.56. The maximum Gasteiger partial charge on any atom is 0.407 e. The molecule has 0 fully saturated rings. The van der Waals surface area contributed by atoms with Gasteiger partial charge in [-0.05, 0) is 34.6 Å². The first-order valence-corrected chi connectivity index (χ1v) is 6.32. The smallest absolute Gasteiger partial charge is 0.407 e. The number of hydrogen-bond acceptors (Lipinski definition) is 2. The van der Waals surface area contributed by atoms with Crippen LogP contribution in [0.5, 0.6) is 0 Å². The lowest BCUT2D eigenvalue weighted by Gasteiger charge is -2.27. The molecule has 1 N–H and O–H groups in total. The van der Waals surface area contributed by atoms with Crippen LogP contribution in [0.15, 0.2) is 0 Å². The molecule has 0 radical (unpaired) electrons. The molecular weight excluding hydrogens is 312 g/mol. The number of amides is 1. The van der Waals surface area contributed by atoms with E-state index in [9.17, 15) is 9.18 Å². The van der Waals surface area contributed by atoms with Gasteiger partial charge in [0.2, 0.25) is 0 Å². The highest BCUT2D eigenvalue weighted by Crippen LogP contribution is 2.20. The average Bonchev–Trinajstić information content (AvgIpc) is 1.94. The third-order valence-corrected chi connectivity index (χ3v) is 2.43. The van der Waals surface area contributed by atoms with Crippen molar-refractivity contribution in [2.24, 2.45) is 0 Å². The first-order valence-electron chi connectivity index (χ1n) is 4.80. The van der Waals surface area contributed by atoms with Crippen molar-refractivity contribution < 1.29 is 13.9 Å².